The zero-order valence-electron chi connectivity index (χ0n) is 15.8. The zero-order chi connectivity index (χ0) is 18.3. The third kappa shape index (κ3) is 2.92. The highest BCUT2D eigenvalue weighted by Gasteiger charge is 2.32. The average Bonchev–Trinajstić information content (AvgIpc) is 2.95. The molecule has 2 aromatic carbocycles. The summed E-state index contributed by atoms with van der Waals surface area (Å²) in [7, 11) is 0. The van der Waals surface area contributed by atoms with Gasteiger partial charge in [-0.25, -0.2) is 0 Å². The lowest BCUT2D eigenvalue weighted by Gasteiger charge is -2.33. The quantitative estimate of drug-likeness (QED) is 0.665. The third-order valence-electron chi connectivity index (χ3n) is 5.27. The van der Waals surface area contributed by atoms with Gasteiger partial charge in [0.05, 0.1) is 0 Å². The molecule has 3 aromatic rings. The summed E-state index contributed by atoms with van der Waals surface area (Å²) >= 11 is 0. The molecule has 4 rings (SSSR count). The first-order chi connectivity index (χ1) is 12.4. The van der Waals surface area contributed by atoms with Crippen LogP contribution >= 0.6 is 0 Å². The molecule has 0 saturated heterocycles. The van der Waals surface area contributed by atoms with Crippen molar-refractivity contribution >= 4 is 16.8 Å². The van der Waals surface area contributed by atoms with Crippen molar-refractivity contribution in [2.75, 3.05) is 6.54 Å². The monoisotopic (exact) mass is 346 g/mol. The molecule has 134 valence electrons. The van der Waals surface area contributed by atoms with Crippen LogP contribution in [0.3, 0.4) is 0 Å². The first kappa shape index (κ1) is 16.9. The van der Waals surface area contributed by atoms with Gasteiger partial charge in [0, 0.05) is 53.6 Å². The van der Waals surface area contributed by atoms with E-state index in [4.69, 9.17) is 0 Å². The van der Waals surface area contributed by atoms with Gasteiger partial charge in [0.25, 0.3) is 0 Å². The van der Waals surface area contributed by atoms with Gasteiger partial charge in [-0.1, -0.05) is 69.3 Å². The Balaban J connectivity index is 1.77. The number of hydrogen-bond acceptors (Lipinski definition) is 1. The summed E-state index contributed by atoms with van der Waals surface area (Å²) in [5, 5.41) is 1.28. The van der Waals surface area contributed by atoms with Crippen molar-refractivity contribution in [3.63, 3.8) is 0 Å². The molecule has 0 atom stereocenters. The Morgan fingerprint density at radius 3 is 2.42 bits per heavy atom. The van der Waals surface area contributed by atoms with Crippen molar-refractivity contribution in [2.45, 2.75) is 40.3 Å². The predicted molar refractivity (Wildman–Crippen MR) is 106 cm³/mol. The molecule has 3 nitrogen and oxygen atoms in total. The lowest BCUT2D eigenvalue weighted by molar-refractivity contribution is -0.140. The van der Waals surface area contributed by atoms with E-state index < -0.39 is 0 Å². The summed E-state index contributed by atoms with van der Waals surface area (Å²) in [5.74, 6) is 0.239. The van der Waals surface area contributed by atoms with Crippen molar-refractivity contribution in [1.29, 1.82) is 0 Å². The van der Waals surface area contributed by atoms with Crippen LogP contribution in [0.1, 0.15) is 37.6 Å². The Kier molecular flexibility index (Phi) is 4.10. The highest BCUT2D eigenvalue weighted by atomic mass is 16.2. The summed E-state index contributed by atoms with van der Waals surface area (Å²) in [5.41, 5.74) is 4.95. The van der Waals surface area contributed by atoms with E-state index in [2.05, 4.69) is 59.2 Å². The van der Waals surface area contributed by atoms with E-state index >= 15 is 0 Å². The lowest BCUT2D eigenvalue weighted by Crippen LogP contribution is -2.42. The van der Waals surface area contributed by atoms with E-state index in [9.17, 15) is 4.79 Å². The second-order valence-corrected chi connectivity index (χ2v) is 8.24. The molecular formula is C23H26N2O. The molecule has 0 fully saturated rings. The highest BCUT2D eigenvalue weighted by Crippen LogP contribution is 2.33. The van der Waals surface area contributed by atoms with Crippen LogP contribution in [0.5, 0.6) is 0 Å². The smallest absolute Gasteiger partial charge is 0.228 e. The number of nitrogens with zero attached hydrogens (tertiary/aromatic N) is 2. The number of carbonyl (C=O) groups excluding carboxylic acids is 1. The molecule has 1 amide bonds. The molecule has 0 radical (unpaired) electrons. The standard InChI is InChI=1S/C23H26N2O/c1-23(2,3)22(26)24-14-13-21-19(16-24)18-11-7-8-12-20(18)25(21)15-17-9-5-4-6-10-17/h4-12H,13-16H2,1-3H3. The number of benzene rings is 2. The van der Waals surface area contributed by atoms with Gasteiger partial charge in [-0.15, -0.1) is 0 Å². The summed E-state index contributed by atoms with van der Waals surface area (Å²) in [6, 6.07) is 19.2. The van der Waals surface area contributed by atoms with E-state index in [0.29, 0.717) is 6.54 Å². The Morgan fingerprint density at radius 1 is 1.00 bits per heavy atom. The number of amides is 1. The fourth-order valence-electron chi connectivity index (χ4n) is 4.00. The van der Waals surface area contributed by atoms with Gasteiger partial charge in [0.1, 0.15) is 0 Å². The van der Waals surface area contributed by atoms with E-state index in [-0.39, 0.29) is 11.3 Å². The minimum absolute atomic E-state index is 0.239. The van der Waals surface area contributed by atoms with Crippen molar-refractivity contribution in [1.82, 2.24) is 9.47 Å². The number of para-hydroxylation sites is 1. The van der Waals surface area contributed by atoms with Gasteiger partial charge in [-0.05, 0) is 11.6 Å². The summed E-state index contributed by atoms with van der Waals surface area (Å²) < 4.78 is 2.44. The highest BCUT2D eigenvalue weighted by molar-refractivity contribution is 5.87. The largest absolute Gasteiger partial charge is 0.340 e. The number of hydrogen-bond donors (Lipinski definition) is 0. The number of carbonyl (C=O) groups is 1. The molecule has 2 heterocycles. The number of fused-ring (bicyclic) bond motifs is 3. The molecule has 1 aliphatic heterocycles. The zero-order valence-corrected chi connectivity index (χ0v) is 15.8. The van der Waals surface area contributed by atoms with Crippen LogP contribution in [0, 0.1) is 5.41 Å². The molecule has 0 unspecified atom stereocenters. The van der Waals surface area contributed by atoms with Gasteiger partial charge in [0.15, 0.2) is 0 Å². The van der Waals surface area contributed by atoms with Gasteiger partial charge in [0.2, 0.25) is 5.91 Å². The van der Waals surface area contributed by atoms with Crippen LogP contribution in [0.2, 0.25) is 0 Å². The van der Waals surface area contributed by atoms with Gasteiger partial charge in [-0.3, -0.25) is 4.79 Å². The first-order valence-corrected chi connectivity index (χ1v) is 9.37. The minimum Gasteiger partial charge on any atom is -0.340 e. The second kappa shape index (κ2) is 6.31. The van der Waals surface area contributed by atoms with Crippen LogP contribution < -0.4 is 0 Å². The summed E-state index contributed by atoms with van der Waals surface area (Å²) in [4.78, 5) is 14.8. The van der Waals surface area contributed by atoms with Crippen molar-refractivity contribution in [3.05, 3.63) is 71.4 Å². The van der Waals surface area contributed by atoms with Crippen LogP contribution in [0.4, 0.5) is 0 Å². The first-order valence-electron chi connectivity index (χ1n) is 9.37. The van der Waals surface area contributed by atoms with E-state index in [1.54, 1.807) is 0 Å². The van der Waals surface area contributed by atoms with Crippen LogP contribution in [0.25, 0.3) is 10.9 Å². The van der Waals surface area contributed by atoms with Gasteiger partial charge < -0.3 is 9.47 Å². The minimum atomic E-state index is -0.333. The van der Waals surface area contributed by atoms with Crippen molar-refractivity contribution < 1.29 is 4.79 Å². The van der Waals surface area contributed by atoms with E-state index in [1.165, 1.54) is 27.7 Å². The van der Waals surface area contributed by atoms with E-state index in [0.717, 1.165) is 19.5 Å². The maximum absolute atomic E-state index is 12.8. The Labute approximate surface area is 155 Å². The second-order valence-electron chi connectivity index (χ2n) is 8.24. The molecule has 3 heteroatoms. The Bertz CT molecular complexity index is 947. The molecule has 1 aliphatic rings. The maximum Gasteiger partial charge on any atom is 0.228 e. The lowest BCUT2D eigenvalue weighted by atomic mass is 9.93. The molecular weight excluding hydrogens is 320 g/mol. The molecule has 0 saturated carbocycles. The summed E-state index contributed by atoms with van der Waals surface area (Å²) in [6.07, 6.45) is 0.915. The fraction of sp³-hybridized carbons (Fsp3) is 0.348. The molecule has 0 N–H and O–H groups in total. The fourth-order valence-corrected chi connectivity index (χ4v) is 4.00. The van der Waals surface area contributed by atoms with Crippen LogP contribution in [-0.2, 0) is 24.3 Å². The van der Waals surface area contributed by atoms with Crippen LogP contribution in [0.15, 0.2) is 54.6 Å². The predicted octanol–water partition coefficient (Wildman–Crippen LogP) is 4.62. The molecule has 1 aromatic heterocycles. The number of aromatic nitrogens is 1. The van der Waals surface area contributed by atoms with Gasteiger partial charge >= 0.3 is 0 Å². The topological polar surface area (TPSA) is 25.2 Å². The van der Waals surface area contributed by atoms with Gasteiger partial charge in [-0.2, -0.15) is 0 Å². The summed E-state index contributed by atoms with van der Waals surface area (Å²) in [6.45, 7) is 8.41. The average molecular weight is 346 g/mol. The molecule has 0 bridgehead atoms. The maximum atomic E-state index is 12.8. The van der Waals surface area contributed by atoms with E-state index in [1.807, 2.05) is 25.7 Å². The van der Waals surface area contributed by atoms with Crippen molar-refractivity contribution in [3.8, 4) is 0 Å². The molecule has 0 spiro atoms. The third-order valence-corrected chi connectivity index (χ3v) is 5.27. The normalized spacial score (nSPS) is 14.5. The number of rotatable bonds is 2. The van der Waals surface area contributed by atoms with Crippen molar-refractivity contribution in [2.24, 2.45) is 5.41 Å². The Hall–Kier alpha value is -2.55. The Morgan fingerprint density at radius 2 is 1.69 bits per heavy atom. The SMILES string of the molecule is CC(C)(C)C(=O)N1CCc2c(c3ccccc3n2Cc2ccccc2)C1. The molecule has 26 heavy (non-hydrogen) atoms. The van der Waals surface area contributed by atoms with Crippen LogP contribution in [-0.4, -0.2) is 21.9 Å². The molecule has 0 aliphatic carbocycles.